The lowest BCUT2D eigenvalue weighted by molar-refractivity contribution is 0.0563. The van der Waals surface area contributed by atoms with Crippen molar-refractivity contribution in [2.45, 2.75) is 105 Å². The molecule has 0 aromatic heterocycles. The first-order valence-electron chi connectivity index (χ1n) is 14.4. The zero-order chi connectivity index (χ0) is 28.4. The number of ether oxygens (including phenoxy) is 1. The summed E-state index contributed by atoms with van der Waals surface area (Å²) < 4.78 is 6.60. The number of benzene rings is 2. The quantitative estimate of drug-likeness (QED) is 0.278. The standard InChI is InChI=1S/C35H47NO3/c1-26(2)13-10-14-27(3)15-11-16-28(4)17-12-21-35(6)22-20-31-24-32(23-29(5)33(31)39-35)36(34(37)38)25-30-18-8-7-9-19-30/h7-9,13,15,17-19,23-24H,10-12,14,16,20-22,25H2,1-6H3,(H,37,38)/b27-15+,28-17+/t35-/m1/s1. The molecule has 4 heteroatoms. The molecule has 0 bridgehead atoms. The van der Waals surface area contributed by atoms with Crippen molar-refractivity contribution < 1.29 is 14.6 Å². The van der Waals surface area contributed by atoms with Gasteiger partial charge in [-0.15, -0.1) is 0 Å². The fourth-order valence-corrected chi connectivity index (χ4v) is 5.18. The maximum absolute atomic E-state index is 12.1. The van der Waals surface area contributed by atoms with E-state index in [0.29, 0.717) is 12.2 Å². The third-order valence-corrected chi connectivity index (χ3v) is 7.62. The summed E-state index contributed by atoms with van der Waals surface area (Å²) in [6.07, 6.45) is 14.4. The van der Waals surface area contributed by atoms with Gasteiger partial charge in [-0.1, -0.05) is 65.3 Å². The van der Waals surface area contributed by atoms with Crippen LogP contribution in [0.25, 0.3) is 0 Å². The van der Waals surface area contributed by atoms with Gasteiger partial charge >= 0.3 is 6.09 Å². The van der Waals surface area contributed by atoms with Crippen molar-refractivity contribution in [2.75, 3.05) is 4.90 Å². The van der Waals surface area contributed by atoms with Crippen molar-refractivity contribution >= 4 is 11.8 Å². The van der Waals surface area contributed by atoms with Gasteiger partial charge in [-0.25, -0.2) is 4.79 Å². The summed E-state index contributed by atoms with van der Waals surface area (Å²) in [5, 5.41) is 9.93. The lowest BCUT2D eigenvalue weighted by Gasteiger charge is -2.37. The Morgan fingerprint density at radius 3 is 2.26 bits per heavy atom. The molecule has 0 unspecified atom stereocenters. The second-order valence-electron chi connectivity index (χ2n) is 11.7. The first-order chi connectivity index (χ1) is 18.6. The Hall–Kier alpha value is -3.27. The molecule has 39 heavy (non-hydrogen) atoms. The Morgan fingerprint density at radius 1 is 0.974 bits per heavy atom. The highest BCUT2D eigenvalue weighted by atomic mass is 16.5. The third-order valence-electron chi connectivity index (χ3n) is 7.62. The molecule has 1 heterocycles. The normalized spacial score (nSPS) is 17.3. The van der Waals surface area contributed by atoms with E-state index in [9.17, 15) is 9.90 Å². The monoisotopic (exact) mass is 529 g/mol. The molecule has 1 aliphatic rings. The summed E-state index contributed by atoms with van der Waals surface area (Å²) in [7, 11) is 0. The van der Waals surface area contributed by atoms with Crippen LogP contribution in [-0.4, -0.2) is 16.8 Å². The molecule has 0 fully saturated rings. The van der Waals surface area contributed by atoms with E-state index < -0.39 is 6.09 Å². The Morgan fingerprint density at radius 2 is 1.62 bits per heavy atom. The molecular weight excluding hydrogens is 482 g/mol. The number of anilines is 1. The molecule has 1 amide bonds. The lowest BCUT2D eigenvalue weighted by atomic mass is 9.87. The largest absolute Gasteiger partial charge is 0.487 e. The van der Waals surface area contributed by atoms with Crippen molar-refractivity contribution in [1.82, 2.24) is 0 Å². The van der Waals surface area contributed by atoms with Crippen LogP contribution in [-0.2, 0) is 13.0 Å². The number of allylic oxidation sites excluding steroid dienone is 6. The van der Waals surface area contributed by atoms with Gasteiger partial charge in [-0.3, -0.25) is 4.90 Å². The van der Waals surface area contributed by atoms with Crippen molar-refractivity contribution in [2.24, 2.45) is 0 Å². The molecular formula is C35H47NO3. The Kier molecular flexibility index (Phi) is 11.0. The molecule has 2 aromatic carbocycles. The molecule has 210 valence electrons. The number of amides is 1. The zero-order valence-corrected chi connectivity index (χ0v) is 24.8. The number of hydrogen-bond acceptors (Lipinski definition) is 2. The van der Waals surface area contributed by atoms with Crippen LogP contribution in [0.2, 0.25) is 0 Å². The fraction of sp³-hybridized carbons (Fsp3) is 0.457. The van der Waals surface area contributed by atoms with E-state index in [0.717, 1.165) is 73.8 Å². The summed E-state index contributed by atoms with van der Waals surface area (Å²) in [5.74, 6) is 0.923. The molecule has 0 saturated heterocycles. The smallest absolute Gasteiger partial charge is 0.412 e. The molecule has 1 atom stereocenters. The zero-order valence-electron chi connectivity index (χ0n) is 24.8. The minimum absolute atomic E-state index is 0.214. The van der Waals surface area contributed by atoms with Gasteiger partial charge in [0, 0.05) is 5.69 Å². The van der Waals surface area contributed by atoms with Gasteiger partial charge in [0.15, 0.2) is 0 Å². The average Bonchev–Trinajstić information content (AvgIpc) is 2.88. The third kappa shape index (κ3) is 9.45. The molecule has 0 aliphatic carbocycles. The van der Waals surface area contributed by atoms with Gasteiger partial charge < -0.3 is 9.84 Å². The number of nitrogens with zero attached hydrogens (tertiary/aromatic N) is 1. The van der Waals surface area contributed by atoms with Gasteiger partial charge in [0.1, 0.15) is 11.4 Å². The van der Waals surface area contributed by atoms with Gasteiger partial charge in [-0.05, 0) is 122 Å². The molecule has 4 nitrogen and oxygen atoms in total. The van der Waals surface area contributed by atoms with Crippen LogP contribution in [0.1, 0.15) is 96.3 Å². The lowest BCUT2D eigenvalue weighted by Crippen LogP contribution is -2.37. The van der Waals surface area contributed by atoms with Crippen LogP contribution < -0.4 is 9.64 Å². The maximum atomic E-state index is 12.1. The van der Waals surface area contributed by atoms with Crippen LogP contribution in [0.3, 0.4) is 0 Å². The molecule has 0 radical (unpaired) electrons. The number of carbonyl (C=O) groups is 1. The SMILES string of the molecule is CC(C)=CCC/C(C)=C/CC/C(C)=C/CC[C@]1(C)CCc2cc(N(Cc3ccccc3)C(=O)O)cc(C)c2O1. The van der Waals surface area contributed by atoms with E-state index in [-0.39, 0.29) is 5.60 Å². The van der Waals surface area contributed by atoms with E-state index in [1.54, 1.807) is 0 Å². The number of fused-ring (bicyclic) bond motifs is 1. The number of carboxylic acid groups (broad SMARTS) is 1. The molecule has 2 aromatic rings. The number of aryl methyl sites for hydroxylation is 2. The van der Waals surface area contributed by atoms with E-state index in [4.69, 9.17) is 4.74 Å². The predicted octanol–water partition coefficient (Wildman–Crippen LogP) is 9.96. The minimum Gasteiger partial charge on any atom is -0.487 e. The Balaban J connectivity index is 1.57. The topological polar surface area (TPSA) is 49.8 Å². The summed E-state index contributed by atoms with van der Waals surface area (Å²) in [4.78, 5) is 13.5. The average molecular weight is 530 g/mol. The van der Waals surface area contributed by atoms with Crippen molar-refractivity contribution in [1.29, 1.82) is 0 Å². The highest BCUT2D eigenvalue weighted by Crippen LogP contribution is 2.40. The summed E-state index contributed by atoms with van der Waals surface area (Å²) in [6.45, 7) is 13.4. The van der Waals surface area contributed by atoms with Gasteiger partial charge in [-0.2, -0.15) is 0 Å². The molecule has 3 rings (SSSR count). The number of rotatable bonds is 12. The Labute approximate surface area is 236 Å². The highest BCUT2D eigenvalue weighted by molar-refractivity contribution is 5.86. The fourth-order valence-electron chi connectivity index (χ4n) is 5.18. The van der Waals surface area contributed by atoms with Crippen LogP contribution in [0.15, 0.2) is 77.4 Å². The predicted molar refractivity (Wildman–Crippen MR) is 164 cm³/mol. The van der Waals surface area contributed by atoms with Crippen molar-refractivity contribution in [3.8, 4) is 5.75 Å². The van der Waals surface area contributed by atoms with Crippen LogP contribution in [0.5, 0.6) is 5.75 Å². The van der Waals surface area contributed by atoms with Crippen molar-refractivity contribution in [3.05, 3.63) is 94.1 Å². The number of hydrogen-bond donors (Lipinski definition) is 1. The van der Waals surface area contributed by atoms with Crippen LogP contribution in [0, 0.1) is 6.92 Å². The van der Waals surface area contributed by atoms with Crippen molar-refractivity contribution in [3.63, 3.8) is 0 Å². The molecule has 1 N–H and O–H groups in total. The van der Waals surface area contributed by atoms with Gasteiger partial charge in [0.2, 0.25) is 0 Å². The van der Waals surface area contributed by atoms with E-state index in [1.165, 1.54) is 21.6 Å². The first kappa shape index (κ1) is 30.3. The molecule has 0 spiro atoms. The highest BCUT2D eigenvalue weighted by Gasteiger charge is 2.32. The maximum Gasteiger partial charge on any atom is 0.412 e. The molecule has 0 saturated carbocycles. The second kappa shape index (κ2) is 14.2. The Bertz CT molecular complexity index is 1200. The van der Waals surface area contributed by atoms with Crippen LogP contribution >= 0.6 is 0 Å². The summed E-state index contributed by atoms with van der Waals surface area (Å²) in [6, 6.07) is 13.7. The van der Waals surface area contributed by atoms with E-state index in [2.05, 4.69) is 52.8 Å². The molecule has 1 aliphatic heterocycles. The van der Waals surface area contributed by atoms with E-state index in [1.807, 2.05) is 49.4 Å². The summed E-state index contributed by atoms with van der Waals surface area (Å²) >= 11 is 0. The van der Waals surface area contributed by atoms with Gasteiger partial charge in [0.05, 0.1) is 6.54 Å². The van der Waals surface area contributed by atoms with E-state index >= 15 is 0 Å². The summed E-state index contributed by atoms with van der Waals surface area (Å²) in [5.41, 5.74) is 7.86. The first-order valence-corrected chi connectivity index (χ1v) is 14.4. The second-order valence-corrected chi connectivity index (χ2v) is 11.7. The van der Waals surface area contributed by atoms with Gasteiger partial charge in [0.25, 0.3) is 0 Å². The minimum atomic E-state index is -0.948. The van der Waals surface area contributed by atoms with Crippen LogP contribution in [0.4, 0.5) is 10.5 Å².